The van der Waals surface area contributed by atoms with Gasteiger partial charge in [0.2, 0.25) is 0 Å². The van der Waals surface area contributed by atoms with Crippen LogP contribution >= 0.6 is 11.3 Å². The third kappa shape index (κ3) is 4.53. The molecule has 0 bridgehead atoms. The zero-order valence-corrected chi connectivity index (χ0v) is 12.8. The van der Waals surface area contributed by atoms with Gasteiger partial charge in [0.1, 0.15) is 11.6 Å². The molecule has 3 aromatic rings. The van der Waals surface area contributed by atoms with Crippen LogP contribution in [0.15, 0.2) is 53.9 Å². The molecule has 1 atom stereocenters. The Morgan fingerprint density at radius 3 is 2.59 bits per heavy atom. The second-order valence-corrected chi connectivity index (χ2v) is 5.78. The molecule has 4 N–H and O–H groups in total. The van der Waals surface area contributed by atoms with Crippen molar-refractivity contribution in [3.8, 4) is 5.75 Å². The number of aliphatic hydroxyl groups excluding tert-OH is 1. The summed E-state index contributed by atoms with van der Waals surface area (Å²) in [6, 6.07) is 13.6. The maximum atomic E-state index is 12.6. The van der Waals surface area contributed by atoms with Gasteiger partial charge < -0.3 is 15.9 Å². The molecule has 1 unspecified atom stereocenters. The average Bonchev–Trinajstić information content (AvgIpc) is 2.98. The number of aromatic hydroxyl groups is 1. The molecule has 5 heteroatoms. The highest BCUT2D eigenvalue weighted by Crippen LogP contribution is 2.27. The first-order chi connectivity index (χ1) is 10.6. The van der Waals surface area contributed by atoms with E-state index in [9.17, 15) is 9.50 Å². The van der Waals surface area contributed by atoms with Crippen molar-refractivity contribution in [2.45, 2.75) is 12.5 Å². The van der Waals surface area contributed by atoms with Crippen LogP contribution in [0.3, 0.4) is 0 Å². The molecule has 22 heavy (non-hydrogen) atoms. The van der Waals surface area contributed by atoms with E-state index in [1.165, 1.54) is 12.1 Å². The Hall–Kier alpha value is -1.95. The van der Waals surface area contributed by atoms with Gasteiger partial charge >= 0.3 is 0 Å². The number of benzene rings is 2. The maximum absolute atomic E-state index is 12.6. The summed E-state index contributed by atoms with van der Waals surface area (Å²) in [4.78, 5) is 0. The van der Waals surface area contributed by atoms with E-state index in [4.69, 9.17) is 10.8 Å². The van der Waals surface area contributed by atoms with Crippen molar-refractivity contribution < 1.29 is 14.6 Å². The van der Waals surface area contributed by atoms with Crippen molar-refractivity contribution in [1.82, 2.24) is 0 Å². The monoisotopic (exact) mass is 319 g/mol. The fourth-order valence-corrected chi connectivity index (χ4v) is 2.80. The van der Waals surface area contributed by atoms with Crippen molar-refractivity contribution >= 4 is 21.4 Å². The molecule has 3 nitrogen and oxygen atoms in total. The molecule has 116 valence electrons. The minimum absolute atomic E-state index is 0.205. The van der Waals surface area contributed by atoms with Gasteiger partial charge in [0.15, 0.2) is 0 Å². The number of aliphatic hydroxyl groups is 1. The van der Waals surface area contributed by atoms with Crippen LogP contribution in [0.2, 0.25) is 0 Å². The SMILES string of the molecule is NCC(O)Cc1cccc(F)c1.Oc1cccc2sccc12. The van der Waals surface area contributed by atoms with Crippen LogP contribution < -0.4 is 5.73 Å². The Balaban J connectivity index is 0.000000162. The fourth-order valence-electron chi connectivity index (χ4n) is 2.00. The van der Waals surface area contributed by atoms with Crippen molar-refractivity contribution in [3.05, 3.63) is 65.3 Å². The first-order valence-corrected chi connectivity index (χ1v) is 7.76. The second-order valence-electron chi connectivity index (χ2n) is 4.83. The van der Waals surface area contributed by atoms with Crippen molar-refractivity contribution in [2.75, 3.05) is 6.54 Å². The summed E-state index contributed by atoms with van der Waals surface area (Å²) in [6.45, 7) is 0.205. The minimum Gasteiger partial charge on any atom is -0.507 e. The topological polar surface area (TPSA) is 66.5 Å². The molecule has 0 fully saturated rings. The summed E-state index contributed by atoms with van der Waals surface area (Å²) in [5.41, 5.74) is 5.99. The smallest absolute Gasteiger partial charge is 0.124 e. The van der Waals surface area contributed by atoms with E-state index in [1.54, 1.807) is 29.5 Å². The normalized spacial score (nSPS) is 11.8. The second kappa shape index (κ2) is 7.89. The Kier molecular flexibility index (Phi) is 5.89. The summed E-state index contributed by atoms with van der Waals surface area (Å²) >= 11 is 1.64. The molecule has 0 amide bonds. The van der Waals surface area contributed by atoms with Gasteiger partial charge in [-0.15, -0.1) is 11.3 Å². The number of thiophene rings is 1. The lowest BCUT2D eigenvalue weighted by Crippen LogP contribution is -2.21. The summed E-state index contributed by atoms with van der Waals surface area (Å²) in [5, 5.41) is 21.3. The molecule has 0 radical (unpaired) electrons. The van der Waals surface area contributed by atoms with E-state index in [2.05, 4.69) is 0 Å². The third-order valence-electron chi connectivity index (χ3n) is 3.11. The lowest BCUT2D eigenvalue weighted by molar-refractivity contribution is 0.183. The van der Waals surface area contributed by atoms with E-state index >= 15 is 0 Å². The molecular weight excluding hydrogens is 301 g/mol. The van der Waals surface area contributed by atoms with Crippen LogP contribution in [-0.2, 0) is 6.42 Å². The lowest BCUT2D eigenvalue weighted by Gasteiger charge is -2.06. The van der Waals surface area contributed by atoms with Gasteiger partial charge in [-0.25, -0.2) is 4.39 Å². The van der Waals surface area contributed by atoms with Crippen molar-refractivity contribution in [1.29, 1.82) is 0 Å². The number of fused-ring (bicyclic) bond motifs is 1. The lowest BCUT2D eigenvalue weighted by atomic mass is 10.1. The largest absolute Gasteiger partial charge is 0.507 e. The van der Waals surface area contributed by atoms with Gasteiger partial charge in [-0.05, 0) is 47.7 Å². The predicted molar refractivity (Wildman–Crippen MR) is 88.7 cm³/mol. The molecule has 0 saturated carbocycles. The van der Waals surface area contributed by atoms with Crippen LogP contribution in [0.4, 0.5) is 4.39 Å². The van der Waals surface area contributed by atoms with E-state index in [0.29, 0.717) is 12.2 Å². The van der Waals surface area contributed by atoms with E-state index in [1.807, 2.05) is 23.6 Å². The highest BCUT2D eigenvalue weighted by Gasteiger charge is 2.02. The van der Waals surface area contributed by atoms with Gasteiger partial charge in [-0.3, -0.25) is 0 Å². The standard InChI is InChI=1S/C9H12FNO.C8H6OS/c10-8-3-1-2-7(4-8)5-9(12)6-11;9-7-2-1-3-8-6(7)4-5-10-8/h1-4,9,12H,5-6,11H2;1-5,9H. The summed E-state index contributed by atoms with van der Waals surface area (Å²) in [5.74, 6) is 0.0930. The summed E-state index contributed by atoms with van der Waals surface area (Å²) in [6.07, 6.45) is -0.166. The van der Waals surface area contributed by atoms with Crippen LogP contribution in [-0.4, -0.2) is 22.9 Å². The van der Waals surface area contributed by atoms with E-state index in [0.717, 1.165) is 15.6 Å². The number of rotatable bonds is 3. The third-order valence-corrected chi connectivity index (χ3v) is 3.99. The predicted octanol–water partition coefficient (Wildman–Crippen LogP) is 3.29. The number of phenols is 1. The van der Waals surface area contributed by atoms with Gasteiger partial charge in [0.25, 0.3) is 0 Å². The van der Waals surface area contributed by atoms with Crippen LogP contribution in [0.5, 0.6) is 5.75 Å². The van der Waals surface area contributed by atoms with Crippen LogP contribution in [0.25, 0.3) is 10.1 Å². The highest BCUT2D eigenvalue weighted by atomic mass is 32.1. The number of halogens is 1. The van der Waals surface area contributed by atoms with E-state index < -0.39 is 6.10 Å². The average molecular weight is 319 g/mol. The highest BCUT2D eigenvalue weighted by molar-refractivity contribution is 7.17. The van der Waals surface area contributed by atoms with Gasteiger partial charge in [-0.1, -0.05) is 18.2 Å². The molecule has 1 heterocycles. The van der Waals surface area contributed by atoms with E-state index in [-0.39, 0.29) is 12.4 Å². The van der Waals surface area contributed by atoms with Gasteiger partial charge in [-0.2, -0.15) is 0 Å². The van der Waals surface area contributed by atoms with Crippen molar-refractivity contribution in [2.24, 2.45) is 5.73 Å². The van der Waals surface area contributed by atoms with Crippen LogP contribution in [0, 0.1) is 5.82 Å². The molecule has 0 saturated heterocycles. The molecule has 0 aliphatic carbocycles. The zero-order valence-electron chi connectivity index (χ0n) is 11.9. The molecule has 2 aromatic carbocycles. The molecular formula is C17H18FNO2S. The Morgan fingerprint density at radius 2 is 1.91 bits per heavy atom. The Labute approximate surface area is 132 Å². The summed E-state index contributed by atoms with van der Waals surface area (Å²) < 4.78 is 13.7. The minimum atomic E-state index is -0.577. The Morgan fingerprint density at radius 1 is 1.14 bits per heavy atom. The first kappa shape index (κ1) is 16.4. The fraction of sp³-hybridized carbons (Fsp3) is 0.176. The van der Waals surface area contributed by atoms with Gasteiger partial charge in [0.05, 0.1) is 6.10 Å². The number of phenolic OH excluding ortho intramolecular Hbond substituents is 1. The van der Waals surface area contributed by atoms with Crippen LogP contribution in [0.1, 0.15) is 5.56 Å². The van der Waals surface area contributed by atoms with Gasteiger partial charge in [0, 0.05) is 16.6 Å². The number of nitrogens with two attached hydrogens (primary N) is 1. The number of hydrogen-bond acceptors (Lipinski definition) is 4. The number of hydrogen-bond donors (Lipinski definition) is 3. The quantitative estimate of drug-likeness (QED) is 0.694. The first-order valence-electron chi connectivity index (χ1n) is 6.88. The molecule has 0 aliphatic rings. The Bertz CT molecular complexity index is 729. The molecule has 0 spiro atoms. The maximum Gasteiger partial charge on any atom is 0.124 e. The zero-order chi connectivity index (χ0) is 15.9. The molecule has 3 rings (SSSR count). The summed E-state index contributed by atoms with van der Waals surface area (Å²) in [7, 11) is 0. The van der Waals surface area contributed by atoms with Crippen molar-refractivity contribution in [3.63, 3.8) is 0 Å². The molecule has 0 aliphatic heterocycles. The molecule has 1 aromatic heterocycles.